The maximum atomic E-state index is 14.5. The van der Waals surface area contributed by atoms with E-state index in [1.807, 2.05) is 61.8 Å². The highest BCUT2D eigenvalue weighted by atomic mass is 32.2. The number of thiophene rings is 1. The van der Waals surface area contributed by atoms with Gasteiger partial charge >= 0.3 is 0 Å². The Morgan fingerprint density at radius 2 is 1.64 bits per heavy atom. The molecule has 0 aliphatic carbocycles. The number of rotatable bonds is 10. The first-order chi connectivity index (χ1) is 31.4. The SMILES string of the molecule is CC(=O)N[C@@H](C)C(=O)N[C@H]1CSc2c3sccc3cn2CCCC[C@@H](C(=O)NCC(N)=O)CC(=O)[C@@H]2CCCN2C(=O)[C@H](CC(C)C)NC(=O)[C@H](C)NC(=O)[C@H](Cc2ccccc2)CC1=O. The number of carbonyl (C=O) groups is 9. The van der Waals surface area contributed by atoms with Crippen molar-refractivity contribution in [3.63, 3.8) is 0 Å². The van der Waals surface area contributed by atoms with Gasteiger partial charge in [0.05, 0.1) is 28.4 Å². The smallest absolute Gasteiger partial charge is 0.245 e. The van der Waals surface area contributed by atoms with Gasteiger partial charge in [0.2, 0.25) is 41.4 Å². The minimum Gasteiger partial charge on any atom is -0.368 e. The number of benzene rings is 1. The summed E-state index contributed by atoms with van der Waals surface area (Å²) in [6.07, 6.45) is 4.29. The lowest BCUT2D eigenvalue weighted by Crippen LogP contribution is -2.56. The number of nitrogens with zero attached hydrogens (tertiary/aromatic N) is 2. The van der Waals surface area contributed by atoms with Crippen molar-refractivity contribution in [2.45, 2.75) is 134 Å². The standard InChI is InChI=1S/C47H64N8O9S2/c1-27(2)20-35-46(64)55-18-11-15-37(55)39(58)22-32(44(62)49-24-40(48)59)14-9-10-17-54-25-33-16-19-65-41(33)47(54)66-26-36(53-42(60)28(3)50-30(5)56)38(57)23-34(21-31-12-7-6-8-13-31)45(63)51-29(4)43(61)52-35/h6-8,12-13,16,19,25,27-29,32,34-37H,9-11,14-15,17-18,20-24,26H2,1-5H3,(H2,48,59)(H,49,62)(H,50,56)(H,51,63)(H,52,61)(H,53,60)/t28-,29-,32+,34+,35-,36-,37-/m0/s1. The van der Waals surface area contributed by atoms with Crippen molar-refractivity contribution in [3.05, 3.63) is 53.5 Å². The number of nitrogens with two attached hydrogens (primary N) is 1. The van der Waals surface area contributed by atoms with E-state index >= 15 is 0 Å². The number of Topliss-reactive ketones (excluding diaryl/α,β-unsaturated/α-hetero) is 2. The summed E-state index contributed by atoms with van der Waals surface area (Å²) < 4.78 is 3.04. The summed E-state index contributed by atoms with van der Waals surface area (Å²) >= 11 is 2.90. The van der Waals surface area contributed by atoms with Crippen LogP contribution in [0.25, 0.3) is 10.1 Å². The third-order valence-corrected chi connectivity index (χ3v) is 14.2. The normalized spacial score (nSPS) is 23.8. The predicted molar refractivity (Wildman–Crippen MR) is 252 cm³/mol. The maximum absolute atomic E-state index is 14.5. The molecule has 0 spiro atoms. The second-order valence-corrected chi connectivity index (χ2v) is 19.8. The summed E-state index contributed by atoms with van der Waals surface area (Å²) in [6, 6.07) is 6.10. The molecule has 7 atom stereocenters. The number of amides is 7. The largest absolute Gasteiger partial charge is 0.368 e. The first-order valence-corrected chi connectivity index (χ1v) is 24.6. The topological polar surface area (TPSA) is 248 Å². The van der Waals surface area contributed by atoms with E-state index in [0.29, 0.717) is 38.6 Å². The Morgan fingerprint density at radius 1 is 0.894 bits per heavy atom. The number of hydrogen-bond acceptors (Lipinski definition) is 11. The Balaban J connectivity index is 1.51. The van der Waals surface area contributed by atoms with E-state index in [4.69, 9.17) is 5.73 Å². The van der Waals surface area contributed by atoms with Crippen LogP contribution < -0.4 is 32.3 Å². The van der Waals surface area contributed by atoms with Crippen molar-refractivity contribution >= 4 is 86.1 Å². The molecule has 2 aliphatic heterocycles. The minimum atomic E-state index is -1.14. The molecule has 2 aromatic heterocycles. The average molecular weight is 949 g/mol. The number of thioether (sulfide) groups is 1. The molecule has 3 aromatic rings. The molecule has 7 N–H and O–H groups in total. The van der Waals surface area contributed by atoms with Gasteiger partial charge in [0.25, 0.3) is 0 Å². The zero-order valence-electron chi connectivity index (χ0n) is 38.4. The van der Waals surface area contributed by atoms with Gasteiger partial charge in [-0.05, 0) is 75.3 Å². The van der Waals surface area contributed by atoms with Gasteiger partial charge in [-0.15, -0.1) is 23.1 Å². The van der Waals surface area contributed by atoms with Gasteiger partial charge in [-0.1, -0.05) is 50.6 Å². The number of aryl methyl sites for hydroxylation is 1. The van der Waals surface area contributed by atoms with Gasteiger partial charge in [0.1, 0.15) is 18.1 Å². The molecule has 4 heterocycles. The molecule has 0 unspecified atom stereocenters. The third kappa shape index (κ3) is 14.5. The molecule has 5 rings (SSSR count). The van der Waals surface area contributed by atoms with Crippen molar-refractivity contribution < 1.29 is 43.2 Å². The van der Waals surface area contributed by atoms with Crippen molar-refractivity contribution in [1.82, 2.24) is 36.1 Å². The van der Waals surface area contributed by atoms with E-state index in [0.717, 1.165) is 20.7 Å². The highest BCUT2D eigenvalue weighted by Gasteiger charge is 2.40. The molecule has 7 amide bonds. The number of nitrogens with one attached hydrogen (secondary N) is 5. The van der Waals surface area contributed by atoms with Crippen LogP contribution in [0.15, 0.2) is 53.0 Å². The second kappa shape index (κ2) is 24.3. The lowest BCUT2D eigenvalue weighted by atomic mass is 9.91. The quantitative estimate of drug-likeness (QED) is 0.174. The monoisotopic (exact) mass is 948 g/mol. The summed E-state index contributed by atoms with van der Waals surface area (Å²) in [4.78, 5) is 123. The summed E-state index contributed by atoms with van der Waals surface area (Å²) in [5.41, 5.74) is 6.11. The fourth-order valence-corrected chi connectivity index (χ4v) is 10.8. The molecule has 0 radical (unpaired) electrons. The van der Waals surface area contributed by atoms with E-state index in [-0.39, 0.29) is 49.7 Å². The molecule has 358 valence electrons. The van der Waals surface area contributed by atoms with Crippen LogP contribution in [-0.2, 0) is 56.1 Å². The van der Waals surface area contributed by atoms with Crippen molar-refractivity contribution in [3.8, 4) is 0 Å². The zero-order chi connectivity index (χ0) is 48.1. The van der Waals surface area contributed by atoms with Crippen LogP contribution in [0.5, 0.6) is 0 Å². The molecule has 1 aromatic carbocycles. The van der Waals surface area contributed by atoms with Crippen LogP contribution in [0.1, 0.15) is 91.5 Å². The van der Waals surface area contributed by atoms with E-state index in [1.54, 1.807) is 0 Å². The number of hydrogen-bond donors (Lipinski definition) is 6. The van der Waals surface area contributed by atoms with E-state index in [2.05, 4.69) is 31.2 Å². The van der Waals surface area contributed by atoms with Crippen molar-refractivity contribution in [2.24, 2.45) is 23.5 Å². The fraction of sp³-hybridized carbons (Fsp3) is 0.553. The van der Waals surface area contributed by atoms with Gasteiger partial charge in [-0.2, -0.15) is 0 Å². The Kier molecular flexibility index (Phi) is 18.9. The van der Waals surface area contributed by atoms with Crippen molar-refractivity contribution in [2.75, 3.05) is 18.8 Å². The summed E-state index contributed by atoms with van der Waals surface area (Å²) in [6.45, 7) is 8.50. The molecular formula is C47H64N8O9S2. The number of carbonyl (C=O) groups excluding carboxylic acids is 9. The van der Waals surface area contributed by atoms with E-state index in [9.17, 15) is 43.2 Å². The lowest BCUT2D eigenvalue weighted by molar-refractivity contribution is -0.142. The first-order valence-electron chi connectivity index (χ1n) is 22.7. The summed E-state index contributed by atoms with van der Waals surface area (Å²) in [5.74, 6) is -6.31. The second-order valence-electron chi connectivity index (χ2n) is 17.8. The molecule has 2 aliphatic rings. The predicted octanol–water partition coefficient (Wildman–Crippen LogP) is 3.01. The highest BCUT2D eigenvalue weighted by molar-refractivity contribution is 7.99. The summed E-state index contributed by atoms with van der Waals surface area (Å²) in [5, 5.41) is 17.3. The van der Waals surface area contributed by atoms with E-state index < -0.39 is 95.7 Å². The van der Waals surface area contributed by atoms with Gasteiger partial charge in [0, 0.05) is 62.0 Å². The van der Waals surface area contributed by atoms with Gasteiger partial charge in [-0.3, -0.25) is 43.2 Å². The zero-order valence-corrected chi connectivity index (χ0v) is 40.0. The lowest BCUT2D eigenvalue weighted by Gasteiger charge is -2.31. The summed E-state index contributed by atoms with van der Waals surface area (Å²) in [7, 11) is 0. The van der Waals surface area contributed by atoms with Gasteiger partial charge in [0.15, 0.2) is 11.6 Å². The molecule has 0 saturated carbocycles. The first kappa shape index (κ1) is 51.4. The molecule has 19 heteroatoms. The number of fused-ring (bicyclic) bond motifs is 4. The maximum Gasteiger partial charge on any atom is 0.245 e. The van der Waals surface area contributed by atoms with Crippen LogP contribution in [0.2, 0.25) is 0 Å². The molecule has 0 bridgehead atoms. The fourth-order valence-electron chi connectivity index (χ4n) is 8.50. The van der Waals surface area contributed by atoms with Gasteiger partial charge < -0.3 is 41.8 Å². The Bertz CT molecular complexity index is 2240. The third-order valence-electron chi connectivity index (χ3n) is 11.9. The van der Waals surface area contributed by atoms with Gasteiger partial charge in [-0.25, -0.2) is 0 Å². The average Bonchev–Trinajstić information content (AvgIpc) is 4.02. The van der Waals surface area contributed by atoms with E-state index in [1.165, 1.54) is 48.8 Å². The molecule has 66 heavy (non-hydrogen) atoms. The van der Waals surface area contributed by atoms with Crippen LogP contribution in [0.3, 0.4) is 0 Å². The number of primary amides is 1. The van der Waals surface area contributed by atoms with Crippen molar-refractivity contribution in [1.29, 1.82) is 0 Å². The molecule has 1 saturated heterocycles. The van der Waals surface area contributed by atoms with Crippen LogP contribution in [0, 0.1) is 17.8 Å². The number of ketones is 2. The van der Waals surface area contributed by atoms with Crippen LogP contribution in [-0.4, -0.2) is 111 Å². The Morgan fingerprint density at radius 3 is 2.33 bits per heavy atom. The number of aromatic nitrogens is 1. The molecule has 1 fully saturated rings. The molecule has 17 nitrogen and oxygen atoms in total. The minimum absolute atomic E-state index is 0.0426. The molecular weight excluding hydrogens is 885 g/mol. The van der Waals surface area contributed by atoms with Crippen LogP contribution >= 0.6 is 23.1 Å². The van der Waals surface area contributed by atoms with Crippen LogP contribution in [0.4, 0.5) is 0 Å². The Hall–Kier alpha value is -5.56. The Labute approximate surface area is 393 Å². The highest BCUT2D eigenvalue weighted by Crippen LogP contribution is 2.35.